The Bertz CT molecular complexity index is 2470. The molecule has 0 spiro atoms. The van der Waals surface area contributed by atoms with Crippen molar-refractivity contribution in [1.29, 1.82) is 5.26 Å². The average Bonchev–Trinajstić information content (AvgIpc) is 3.25. The summed E-state index contributed by atoms with van der Waals surface area (Å²) in [5.41, 5.74) is 6.43. The first-order chi connectivity index (χ1) is 28.9. The van der Waals surface area contributed by atoms with E-state index in [0.717, 1.165) is 22.3 Å². The van der Waals surface area contributed by atoms with E-state index in [2.05, 4.69) is 16.7 Å². The first-order valence-corrected chi connectivity index (χ1v) is 19.9. The van der Waals surface area contributed by atoms with Gasteiger partial charge in [0.1, 0.15) is 30.2 Å². The number of fused-ring (bicyclic) bond motifs is 2. The normalized spacial score (nSPS) is 15.9. The summed E-state index contributed by atoms with van der Waals surface area (Å²) in [7, 11) is 1.24. The Morgan fingerprint density at radius 3 is 2.23 bits per heavy atom. The van der Waals surface area contributed by atoms with Crippen molar-refractivity contribution in [2.45, 2.75) is 64.1 Å². The second-order valence-corrected chi connectivity index (χ2v) is 15.5. The van der Waals surface area contributed by atoms with Crippen LogP contribution in [0.5, 0.6) is 11.5 Å². The van der Waals surface area contributed by atoms with Gasteiger partial charge in [-0.05, 0) is 95.8 Å². The van der Waals surface area contributed by atoms with Gasteiger partial charge in [0.15, 0.2) is 0 Å². The van der Waals surface area contributed by atoms with Gasteiger partial charge in [-0.1, -0.05) is 77.8 Å². The van der Waals surface area contributed by atoms with Gasteiger partial charge in [-0.15, -0.1) is 0 Å². The van der Waals surface area contributed by atoms with Crippen LogP contribution in [-0.2, 0) is 49.9 Å². The summed E-state index contributed by atoms with van der Waals surface area (Å²) in [6.07, 6.45) is -1.94. The molecule has 306 valence electrons. The maximum atomic E-state index is 14.1. The monoisotopic (exact) mass is 846 g/mol. The van der Waals surface area contributed by atoms with Crippen molar-refractivity contribution < 1.29 is 38.1 Å². The second-order valence-electron chi connectivity index (χ2n) is 14.7. The Morgan fingerprint density at radius 1 is 0.900 bits per heavy atom. The summed E-state index contributed by atoms with van der Waals surface area (Å²) in [6.45, 7) is 3.69. The van der Waals surface area contributed by atoms with Crippen molar-refractivity contribution >= 4 is 52.8 Å². The Morgan fingerprint density at radius 2 is 1.58 bits per heavy atom. The molecule has 3 unspecified atom stereocenters. The fraction of sp³-hybridized carbons (Fsp3) is 0.239. The maximum absolute atomic E-state index is 14.1. The highest BCUT2D eigenvalue weighted by Crippen LogP contribution is 2.40. The quantitative estimate of drug-likeness (QED) is 0.125. The van der Waals surface area contributed by atoms with Crippen LogP contribution < -0.4 is 20.1 Å². The molecule has 0 fully saturated rings. The van der Waals surface area contributed by atoms with E-state index >= 15 is 0 Å². The van der Waals surface area contributed by atoms with E-state index in [0.29, 0.717) is 49.5 Å². The van der Waals surface area contributed by atoms with E-state index in [1.165, 1.54) is 12.0 Å². The molecule has 5 aromatic carbocycles. The third-order valence-electron chi connectivity index (χ3n) is 10.2. The van der Waals surface area contributed by atoms with Gasteiger partial charge < -0.3 is 29.6 Å². The van der Waals surface area contributed by atoms with E-state index in [1.54, 1.807) is 74.5 Å². The van der Waals surface area contributed by atoms with Gasteiger partial charge in [-0.2, -0.15) is 5.26 Å². The highest BCUT2D eigenvalue weighted by Gasteiger charge is 2.39. The van der Waals surface area contributed by atoms with Crippen LogP contribution in [0.2, 0.25) is 10.0 Å². The smallest absolute Gasteiger partial charge is 0.411 e. The molecule has 12 nitrogen and oxygen atoms in total. The SMILES string of the molecule is COC(=O)C(Cc1ccc(-c2ccc(C#N)cc2)cc1)NC(=O)C1Cc2cc3c(cc2CN1C(=O)OC(C)C)OC(c1ccc(OCc2ccc(Cl)c(Cl)c2)cc1)C(=O)N3. The summed E-state index contributed by atoms with van der Waals surface area (Å²) in [6, 6.07) is 30.4. The highest BCUT2D eigenvalue weighted by atomic mass is 35.5. The zero-order valence-electron chi connectivity index (χ0n) is 32.9. The molecule has 60 heavy (non-hydrogen) atoms. The number of methoxy groups -OCH3 is 1. The van der Waals surface area contributed by atoms with E-state index in [1.807, 2.05) is 42.5 Å². The molecule has 3 atom stereocenters. The summed E-state index contributed by atoms with van der Waals surface area (Å²) in [4.78, 5) is 55.4. The third-order valence-corrected chi connectivity index (χ3v) is 10.9. The minimum absolute atomic E-state index is 0.00120. The van der Waals surface area contributed by atoms with Crippen molar-refractivity contribution in [3.63, 3.8) is 0 Å². The van der Waals surface area contributed by atoms with Gasteiger partial charge in [-0.3, -0.25) is 14.5 Å². The number of hydrogen-bond donors (Lipinski definition) is 2. The number of ether oxygens (including phenoxy) is 4. The average molecular weight is 848 g/mol. The Balaban J connectivity index is 1.06. The zero-order valence-corrected chi connectivity index (χ0v) is 34.4. The number of carbonyl (C=O) groups excluding carboxylic acids is 4. The fourth-order valence-corrected chi connectivity index (χ4v) is 7.37. The van der Waals surface area contributed by atoms with Crippen LogP contribution in [-0.4, -0.2) is 54.1 Å². The number of halogens is 2. The highest BCUT2D eigenvalue weighted by molar-refractivity contribution is 6.42. The summed E-state index contributed by atoms with van der Waals surface area (Å²) >= 11 is 12.1. The van der Waals surface area contributed by atoms with Gasteiger partial charge in [0, 0.05) is 18.4 Å². The van der Waals surface area contributed by atoms with Gasteiger partial charge in [-0.25, -0.2) is 9.59 Å². The summed E-state index contributed by atoms with van der Waals surface area (Å²) in [5.74, 6) is -0.635. The Labute approximate surface area is 356 Å². The molecule has 14 heteroatoms. The molecule has 5 aromatic rings. The summed E-state index contributed by atoms with van der Waals surface area (Å²) < 4.78 is 22.8. The molecule has 0 aromatic heterocycles. The molecular weight excluding hydrogens is 807 g/mol. The number of esters is 1. The second kappa shape index (κ2) is 18.2. The first kappa shape index (κ1) is 41.6. The van der Waals surface area contributed by atoms with Crippen LogP contribution in [0.25, 0.3) is 11.1 Å². The minimum Gasteiger partial charge on any atom is -0.489 e. The molecule has 7 rings (SSSR count). The zero-order chi connectivity index (χ0) is 42.5. The van der Waals surface area contributed by atoms with Crippen LogP contribution in [0, 0.1) is 11.3 Å². The number of nitriles is 1. The largest absolute Gasteiger partial charge is 0.489 e. The standard InChI is InChI=1S/C46H40Cl2N4O8/c1-26(2)59-46(56)52-24-34-22-41-38(50-44(54)42(60-41)32-13-15-35(16-14-32)58-25-29-8-17-36(47)37(48)18-29)20-33(34)21-40(52)43(53)51-39(45(55)57-3)19-27-4-9-30(10-5-27)31-11-6-28(23-49)7-12-31/h4-18,20,22,26,39-40,42H,19,21,24-25H2,1-3H3,(H,50,54)(H,51,53). The van der Waals surface area contributed by atoms with Crippen LogP contribution in [0.1, 0.15) is 53.3 Å². The third kappa shape index (κ3) is 9.49. The van der Waals surface area contributed by atoms with Crippen molar-refractivity contribution in [3.8, 4) is 28.7 Å². The van der Waals surface area contributed by atoms with E-state index in [-0.39, 0.29) is 31.9 Å². The molecule has 0 saturated carbocycles. The molecule has 2 aliphatic rings. The molecule has 0 aliphatic carbocycles. The lowest BCUT2D eigenvalue weighted by Crippen LogP contribution is -2.56. The topological polar surface area (TPSA) is 156 Å². The summed E-state index contributed by atoms with van der Waals surface area (Å²) in [5, 5.41) is 15.8. The minimum atomic E-state index is -1.07. The predicted molar refractivity (Wildman–Crippen MR) is 225 cm³/mol. The van der Waals surface area contributed by atoms with E-state index in [9.17, 15) is 19.2 Å². The molecular formula is C46H40Cl2N4O8. The molecule has 0 saturated heterocycles. The molecule has 0 radical (unpaired) electrons. The van der Waals surface area contributed by atoms with Crippen LogP contribution in [0.3, 0.4) is 0 Å². The molecule has 0 bridgehead atoms. The lowest BCUT2D eigenvalue weighted by Gasteiger charge is -2.37. The molecule has 2 aliphatic heterocycles. The van der Waals surface area contributed by atoms with Crippen molar-refractivity contribution in [3.05, 3.63) is 147 Å². The van der Waals surface area contributed by atoms with Crippen molar-refractivity contribution in [2.75, 3.05) is 12.4 Å². The molecule has 2 N–H and O–H groups in total. The predicted octanol–water partition coefficient (Wildman–Crippen LogP) is 8.36. The first-order valence-electron chi connectivity index (χ1n) is 19.1. The Kier molecular flexibility index (Phi) is 12.6. The van der Waals surface area contributed by atoms with E-state index in [4.69, 9.17) is 47.4 Å². The van der Waals surface area contributed by atoms with Crippen LogP contribution in [0.15, 0.2) is 103 Å². The fourth-order valence-electron chi connectivity index (χ4n) is 7.05. The number of anilines is 1. The van der Waals surface area contributed by atoms with Crippen molar-refractivity contribution in [1.82, 2.24) is 10.2 Å². The van der Waals surface area contributed by atoms with Gasteiger partial charge in [0.05, 0.1) is 47.1 Å². The number of rotatable bonds is 11. The van der Waals surface area contributed by atoms with Crippen LogP contribution >= 0.6 is 23.2 Å². The number of benzene rings is 5. The lowest BCUT2D eigenvalue weighted by atomic mass is 9.92. The van der Waals surface area contributed by atoms with Gasteiger partial charge in [0.25, 0.3) is 5.91 Å². The van der Waals surface area contributed by atoms with Crippen LogP contribution in [0.4, 0.5) is 10.5 Å². The molecule has 3 amide bonds. The Hall–Kier alpha value is -6.55. The number of nitrogens with one attached hydrogen (secondary N) is 2. The van der Waals surface area contributed by atoms with Gasteiger partial charge in [0.2, 0.25) is 12.0 Å². The van der Waals surface area contributed by atoms with Crippen molar-refractivity contribution in [2.24, 2.45) is 0 Å². The number of nitrogens with zero attached hydrogens (tertiary/aromatic N) is 2. The lowest BCUT2D eigenvalue weighted by molar-refractivity contribution is -0.145. The molecule has 2 heterocycles. The number of amides is 3. The van der Waals surface area contributed by atoms with E-state index < -0.39 is 42.3 Å². The number of carbonyl (C=O) groups is 4. The number of hydrogen-bond acceptors (Lipinski definition) is 9. The van der Waals surface area contributed by atoms with Gasteiger partial charge >= 0.3 is 12.1 Å². The maximum Gasteiger partial charge on any atom is 0.411 e.